The van der Waals surface area contributed by atoms with Gasteiger partial charge in [0.25, 0.3) is 0 Å². The Kier molecular flexibility index (Phi) is 24.4. The standard InChI is InChI=1S/C47H66N14O12S2/c48-36(63)16-15-30-41(68)59-33(23-37(49)64)44(71)60-34(46(73)61-19-6-10-35(61)45(72)57-29(40(67)54-24-38(50)65)9-4-5-18-53-47(51)52)25-75-74-20-17-39(66)55-31(22-27-11-13-28(62)14-12-27)42(69)58-32(43(70)56-30)21-26-7-2-1-3-8-26/h1-3,7-8,11-14,29-35,62H,4-6,9-10,15-25H2,(H2,48,63)(H2,49,64)(H2,50,65)(H,54,67)(H,55,66)(H,56,70)(H,57,72)(H,58,69)(H,59,68)(H,60,71)(H4,51,52,53)/t29-,30?,31?,32+,33?,34+,35+/m1/s1. The number of nitrogens with one attached hydrogen (secondary N) is 7. The molecule has 4 rings (SSSR count). The summed E-state index contributed by atoms with van der Waals surface area (Å²) in [6.07, 6.45) is -0.671. The van der Waals surface area contributed by atoms with Crippen molar-refractivity contribution in [1.82, 2.24) is 42.1 Å². The van der Waals surface area contributed by atoms with Gasteiger partial charge in [-0.3, -0.25) is 57.7 Å². The zero-order valence-electron chi connectivity index (χ0n) is 41.1. The van der Waals surface area contributed by atoms with Crippen molar-refractivity contribution in [2.24, 2.45) is 33.7 Å². The van der Waals surface area contributed by atoms with E-state index in [1.807, 2.05) is 0 Å². The predicted octanol–water partition coefficient (Wildman–Crippen LogP) is -3.95. The number of carbonyl (C=O) groups excluding carboxylic acids is 11. The van der Waals surface area contributed by atoms with Crippen LogP contribution in [0.1, 0.15) is 68.9 Å². The molecule has 0 aliphatic carbocycles. The molecule has 2 aliphatic heterocycles. The number of unbranched alkanes of at least 4 members (excludes halogenated alkanes) is 1. The van der Waals surface area contributed by atoms with Gasteiger partial charge in [-0.05, 0) is 61.8 Å². The number of phenols is 1. The number of rotatable bonds is 20. The highest BCUT2D eigenvalue weighted by Gasteiger charge is 2.40. The summed E-state index contributed by atoms with van der Waals surface area (Å²) in [6.45, 7) is -0.241. The molecule has 3 unspecified atom stereocenters. The minimum absolute atomic E-state index is 0.0329. The smallest absolute Gasteiger partial charge is 0.246 e. The molecule has 11 amide bonds. The van der Waals surface area contributed by atoms with Crippen molar-refractivity contribution in [2.45, 2.75) is 113 Å². The number of guanidine groups is 1. The largest absolute Gasteiger partial charge is 0.508 e. The highest BCUT2D eigenvalue weighted by Crippen LogP contribution is 2.26. The fraction of sp³-hybridized carbons (Fsp3) is 0.489. The maximum Gasteiger partial charge on any atom is 0.246 e. The lowest BCUT2D eigenvalue weighted by Crippen LogP contribution is -2.61. The molecule has 75 heavy (non-hydrogen) atoms. The summed E-state index contributed by atoms with van der Waals surface area (Å²) < 4.78 is 0. The highest BCUT2D eigenvalue weighted by atomic mass is 33.1. The first kappa shape index (κ1) is 59.9. The Morgan fingerprint density at radius 1 is 0.720 bits per heavy atom. The van der Waals surface area contributed by atoms with Crippen molar-refractivity contribution in [3.63, 3.8) is 0 Å². The summed E-state index contributed by atoms with van der Waals surface area (Å²) in [4.78, 5) is 153. The second-order valence-corrected chi connectivity index (χ2v) is 20.3. The second kappa shape index (κ2) is 30.5. The monoisotopic (exact) mass is 1080 g/mol. The number of nitrogens with two attached hydrogens (primary N) is 5. The molecule has 0 bridgehead atoms. The quantitative estimate of drug-likeness (QED) is 0.0261. The number of amides is 11. The number of likely N-dealkylation sites (tertiary alicyclic amines) is 1. The van der Waals surface area contributed by atoms with Crippen LogP contribution in [0.3, 0.4) is 0 Å². The molecule has 0 saturated carbocycles. The molecular weight excluding hydrogens is 1020 g/mol. The van der Waals surface area contributed by atoms with Crippen molar-refractivity contribution in [2.75, 3.05) is 31.1 Å². The maximum atomic E-state index is 14.6. The number of carbonyl (C=O) groups is 11. The number of benzene rings is 2. The summed E-state index contributed by atoms with van der Waals surface area (Å²) >= 11 is 0. The number of aliphatic imine (C=N–C) groups is 1. The molecule has 2 fully saturated rings. The topological polar surface area (TPSA) is 438 Å². The van der Waals surface area contributed by atoms with E-state index < -0.39 is 133 Å². The minimum Gasteiger partial charge on any atom is -0.508 e. The van der Waals surface area contributed by atoms with Gasteiger partial charge in [-0.15, -0.1) is 0 Å². The van der Waals surface area contributed by atoms with Gasteiger partial charge in [0.05, 0.1) is 13.0 Å². The summed E-state index contributed by atoms with van der Waals surface area (Å²) in [5.41, 5.74) is 28.1. The third-order valence-corrected chi connectivity index (χ3v) is 14.2. The van der Waals surface area contributed by atoms with Gasteiger partial charge in [0.15, 0.2) is 5.96 Å². The van der Waals surface area contributed by atoms with Gasteiger partial charge in [-0.1, -0.05) is 64.1 Å². The van der Waals surface area contributed by atoms with Crippen LogP contribution in [0, 0.1) is 0 Å². The van der Waals surface area contributed by atoms with E-state index in [2.05, 4.69) is 42.2 Å². The van der Waals surface area contributed by atoms with Crippen LogP contribution in [0.4, 0.5) is 0 Å². The Morgan fingerprint density at radius 3 is 1.97 bits per heavy atom. The lowest BCUT2D eigenvalue weighted by molar-refractivity contribution is -0.142. The number of primary amides is 3. The van der Waals surface area contributed by atoms with E-state index in [4.69, 9.17) is 28.7 Å². The molecule has 2 saturated heterocycles. The van der Waals surface area contributed by atoms with E-state index in [1.54, 1.807) is 42.5 Å². The van der Waals surface area contributed by atoms with Gasteiger partial charge in [0.1, 0.15) is 48.0 Å². The summed E-state index contributed by atoms with van der Waals surface area (Å²) in [5, 5.41) is 27.9. The summed E-state index contributed by atoms with van der Waals surface area (Å²) in [5.74, 6) is -9.59. The Balaban J connectivity index is 1.68. The number of nitrogens with zero attached hydrogens (tertiary/aromatic N) is 2. The number of hydrogen-bond acceptors (Lipinski definition) is 15. The first-order valence-corrected chi connectivity index (χ1v) is 26.5. The zero-order chi connectivity index (χ0) is 55.0. The van der Waals surface area contributed by atoms with Crippen molar-refractivity contribution in [3.8, 4) is 5.75 Å². The molecule has 18 N–H and O–H groups in total. The Labute approximate surface area is 440 Å². The predicted molar refractivity (Wildman–Crippen MR) is 277 cm³/mol. The van der Waals surface area contributed by atoms with Crippen molar-refractivity contribution >= 4 is 92.5 Å². The third kappa shape index (κ3) is 21.0. The Bertz CT molecular complexity index is 2400. The van der Waals surface area contributed by atoms with Crippen LogP contribution in [-0.4, -0.2) is 154 Å². The molecule has 0 aromatic heterocycles. The van der Waals surface area contributed by atoms with Crippen LogP contribution in [-0.2, 0) is 65.6 Å². The van der Waals surface area contributed by atoms with E-state index in [1.165, 1.54) is 17.0 Å². The fourth-order valence-electron chi connectivity index (χ4n) is 7.95. The first-order chi connectivity index (χ1) is 35.7. The van der Waals surface area contributed by atoms with E-state index >= 15 is 0 Å². The highest BCUT2D eigenvalue weighted by molar-refractivity contribution is 8.76. The van der Waals surface area contributed by atoms with E-state index in [0.717, 1.165) is 21.6 Å². The molecule has 7 atom stereocenters. The molecular formula is C47H66N14O12S2. The van der Waals surface area contributed by atoms with Crippen LogP contribution in [0.5, 0.6) is 5.75 Å². The van der Waals surface area contributed by atoms with Gasteiger partial charge in [0, 0.05) is 50.3 Å². The SMILES string of the molecule is NC(=O)CCC1NC(=O)[C@H](Cc2ccccc2)NC(=O)C(Cc2ccc(O)cc2)NC(=O)CCSSC[C@@H](C(=O)N2CCC[C@H]2C(=O)N[C@H](CCCCN=C(N)N)C(=O)NCC(N)=O)NC(=O)C(CC(N)=O)NC1=O. The van der Waals surface area contributed by atoms with Gasteiger partial charge >= 0.3 is 0 Å². The molecule has 0 radical (unpaired) electrons. The summed E-state index contributed by atoms with van der Waals surface area (Å²) in [7, 11) is 2.20. The normalized spacial score (nSPS) is 21.6. The lowest BCUT2D eigenvalue weighted by Gasteiger charge is -2.31. The molecule has 28 heteroatoms. The van der Waals surface area contributed by atoms with Crippen molar-refractivity contribution in [1.29, 1.82) is 0 Å². The van der Waals surface area contributed by atoms with E-state index in [0.29, 0.717) is 30.4 Å². The molecule has 2 heterocycles. The molecule has 2 aromatic carbocycles. The maximum absolute atomic E-state index is 14.6. The van der Waals surface area contributed by atoms with Crippen LogP contribution >= 0.6 is 21.6 Å². The minimum atomic E-state index is -1.77. The zero-order valence-corrected chi connectivity index (χ0v) is 42.7. The first-order valence-electron chi connectivity index (χ1n) is 24.1. The third-order valence-electron chi connectivity index (χ3n) is 11.7. The number of phenolic OH excluding ortho intramolecular Hbond substituents is 1. The van der Waals surface area contributed by atoms with Crippen molar-refractivity contribution < 1.29 is 57.8 Å². The van der Waals surface area contributed by atoms with Crippen LogP contribution < -0.4 is 65.9 Å². The Morgan fingerprint density at radius 2 is 1.33 bits per heavy atom. The fourth-order valence-corrected chi connectivity index (χ4v) is 10.1. The molecule has 0 spiro atoms. The lowest BCUT2D eigenvalue weighted by atomic mass is 10.0. The van der Waals surface area contributed by atoms with Crippen molar-refractivity contribution in [3.05, 3.63) is 65.7 Å². The van der Waals surface area contributed by atoms with Gasteiger partial charge < -0.3 is 75.9 Å². The molecule has 26 nitrogen and oxygen atoms in total. The van der Waals surface area contributed by atoms with E-state index in [9.17, 15) is 57.8 Å². The summed E-state index contributed by atoms with van der Waals surface area (Å²) in [6, 6.07) is 4.60. The number of aromatic hydroxyl groups is 1. The second-order valence-electron chi connectivity index (χ2n) is 17.7. The van der Waals surface area contributed by atoms with Crippen LogP contribution in [0.15, 0.2) is 59.6 Å². The van der Waals surface area contributed by atoms with E-state index in [-0.39, 0.29) is 68.4 Å². The van der Waals surface area contributed by atoms with Crippen LogP contribution in [0.25, 0.3) is 0 Å². The van der Waals surface area contributed by atoms with Gasteiger partial charge in [0.2, 0.25) is 65.0 Å². The molecule has 2 aliphatic rings. The van der Waals surface area contributed by atoms with Gasteiger partial charge in [-0.2, -0.15) is 0 Å². The number of hydrogen-bond donors (Lipinski definition) is 13. The average Bonchev–Trinajstić information content (AvgIpc) is 3.86. The Hall–Kier alpha value is -7.62. The molecule has 2 aromatic rings. The average molecular weight is 1080 g/mol. The molecule has 408 valence electrons. The van der Waals surface area contributed by atoms with Crippen LogP contribution in [0.2, 0.25) is 0 Å². The van der Waals surface area contributed by atoms with Gasteiger partial charge in [-0.25, -0.2) is 0 Å².